The second-order valence-corrected chi connectivity index (χ2v) is 8.43. The number of carboxylic acids is 1. The van der Waals surface area contributed by atoms with Crippen LogP contribution in [-0.2, 0) is 30.3 Å². The molecule has 3 atom stereocenters. The van der Waals surface area contributed by atoms with Gasteiger partial charge < -0.3 is 15.6 Å². The largest absolute Gasteiger partial charge is 0.480 e. The van der Waals surface area contributed by atoms with Crippen LogP contribution in [0.25, 0.3) is 0 Å². The van der Waals surface area contributed by atoms with E-state index in [2.05, 4.69) is 17.4 Å². The number of nitrogens with two attached hydrogens (primary N) is 1. The summed E-state index contributed by atoms with van der Waals surface area (Å²) in [7, 11) is 1.27. The zero-order valence-corrected chi connectivity index (χ0v) is 19.1. The molecule has 172 valence electrons. The number of aliphatic carboxylic acids is 1. The molecule has 0 aromatic heterocycles. The molecule has 0 heterocycles. The van der Waals surface area contributed by atoms with Crippen molar-refractivity contribution in [2.24, 2.45) is 11.7 Å². The minimum atomic E-state index is -1.42. The molecule has 1 aromatic rings. The average Bonchev–Trinajstić information content (AvgIpc) is 2.72. The van der Waals surface area contributed by atoms with Crippen molar-refractivity contribution in [2.45, 2.75) is 63.3 Å². The molecule has 9 heteroatoms. The Hall–Kier alpha value is -2.39. The fourth-order valence-electron chi connectivity index (χ4n) is 3.16. The Balaban J connectivity index is 3.15. The third-order valence-electron chi connectivity index (χ3n) is 4.76. The van der Waals surface area contributed by atoms with Gasteiger partial charge in [-0.25, -0.2) is 4.79 Å². The Bertz CT molecular complexity index is 756. The first-order valence-electron chi connectivity index (χ1n) is 10.2. The average molecular weight is 453 g/mol. The van der Waals surface area contributed by atoms with E-state index in [-0.39, 0.29) is 25.2 Å². The number of thiol groups is 1. The van der Waals surface area contributed by atoms with E-state index < -0.39 is 41.1 Å². The van der Waals surface area contributed by atoms with Crippen LogP contribution in [0.1, 0.15) is 45.1 Å². The van der Waals surface area contributed by atoms with Crippen LogP contribution in [0.3, 0.4) is 0 Å². The van der Waals surface area contributed by atoms with Gasteiger partial charge in [0, 0.05) is 12.8 Å². The number of imide groups is 1. The molecule has 8 nitrogen and oxygen atoms in total. The summed E-state index contributed by atoms with van der Waals surface area (Å²) in [5.74, 6) is -3.13. The Morgan fingerprint density at radius 2 is 1.74 bits per heavy atom. The minimum absolute atomic E-state index is 0.0509. The number of hydrogen-bond donors (Lipinski definition) is 3. The lowest BCUT2D eigenvalue weighted by molar-refractivity contribution is -0.158. The lowest BCUT2D eigenvalue weighted by Gasteiger charge is -2.31. The van der Waals surface area contributed by atoms with Crippen molar-refractivity contribution in [3.8, 4) is 0 Å². The van der Waals surface area contributed by atoms with Crippen LogP contribution >= 0.6 is 12.6 Å². The standard InChI is InChI=1S/C22H32N2O6S/c1-14(2)12-16(23)20(26)24(21(27)18(31)10-7-11-19(25)30-3)17(22(28)29)13-15-8-5-4-6-9-15/h4-6,8-9,14,16-18,31H,7,10-13,23H2,1-3H3,(H,28,29). The minimum Gasteiger partial charge on any atom is -0.480 e. The van der Waals surface area contributed by atoms with Crippen molar-refractivity contribution in [1.82, 2.24) is 4.90 Å². The molecule has 1 aromatic carbocycles. The molecule has 0 saturated carbocycles. The molecular weight excluding hydrogens is 420 g/mol. The number of rotatable bonds is 12. The number of ether oxygens (including phenoxy) is 1. The number of amides is 2. The van der Waals surface area contributed by atoms with Gasteiger partial charge in [0.25, 0.3) is 0 Å². The number of nitrogens with zero attached hydrogens (tertiary/aromatic N) is 1. The fourth-order valence-corrected chi connectivity index (χ4v) is 3.46. The van der Waals surface area contributed by atoms with Crippen LogP contribution < -0.4 is 5.73 Å². The van der Waals surface area contributed by atoms with Gasteiger partial charge in [0.1, 0.15) is 6.04 Å². The highest BCUT2D eigenvalue weighted by Crippen LogP contribution is 2.19. The maximum absolute atomic E-state index is 13.1. The monoisotopic (exact) mass is 452 g/mol. The van der Waals surface area contributed by atoms with Crippen LogP contribution in [0, 0.1) is 5.92 Å². The molecule has 0 aliphatic carbocycles. The number of benzene rings is 1. The summed E-state index contributed by atoms with van der Waals surface area (Å²) in [6.45, 7) is 3.76. The Kier molecular flexibility index (Phi) is 11.3. The molecule has 3 N–H and O–H groups in total. The highest BCUT2D eigenvalue weighted by atomic mass is 32.1. The maximum atomic E-state index is 13.1. The number of carbonyl (C=O) groups excluding carboxylic acids is 3. The zero-order chi connectivity index (χ0) is 23.6. The number of esters is 1. The van der Waals surface area contributed by atoms with Crippen LogP contribution in [-0.4, -0.2) is 58.2 Å². The summed E-state index contributed by atoms with van der Waals surface area (Å²) < 4.78 is 4.58. The van der Waals surface area contributed by atoms with Gasteiger partial charge in [-0.05, 0) is 30.7 Å². The van der Waals surface area contributed by atoms with Gasteiger partial charge in [-0.2, -0.15) is 12.6 Å². The van der Waals surface area contributed by atoms with Crippen molar-refractivity contribution in [3.05, 3.63) is 35.9 Å². The van der Waals surface area contributed by atoms with Crippen LogP contribution in [0.2, 0.25) is 0 Å². The zero-order valence-electron chi connectivity index (χ0n) is 18.2. The van der Waals surface area contributed by atoms with Gasteiger partial charge >= 0.3 is 11.9 Å². The van der Waals surface area contributed by atoms with E-state index in [1.54, 1.807) is 30.3 Å². The predicted molar refractivity (Wildman–Crippen MR) is 119 cm³/mol. The Labute approximate surface area is 188 Å². The van der Waals surface area contributed by atoms with Crippen molar-refractivity contribution in [3.63, 3.8) is 0 Å². The van der Waals surface area contributed by atoms with Crippen molar-refractivity contribution in [2.75, 3.05) is 7.11 Å². The maximum Gasteiger partial charge on any atom is 0.327 e. The SMILES string of the molecule is COC(=O)CCCC(S)C(=O)N(C(=O)C(N)CC(C)C)C(Cc1ccccc1)C(=O)O. The molecule has 1 rings (SSSR count). The van der Waals surface area contributed by atoms with E-state index in [4.69, 9.17) is 5.73 Å². The fraction of sp³-hybridized carbons (Fsp3) is 0.545. The molecule has 3 unspecified atom stereocenters. The van der Waals surface area contributed by atoms with E-state index in [1.165, 1.54) is 7.11 Å². The van der Waals surface area contributed by atoms with Gasteiger partial charge in [0.05, 0.1) is 18.4 Å². The van der Waals surface area contributed by atoms with E-state index in [1.807, 2.05) is 13.8 Å². The second-order valence-electron chi connectivity index (χ2n) is 7.81. The third-order valence-corrected chi connectivity index (χ3v) is 5.24. The normalized spacial score (nSPS) is 13.9. The van der Waals surface area contributed by atoms with Crippen molar-refractivity contribution < 1.29 is 29.0 Å². The van der Waals surface area contributed by atoms with E-state index >= 15 is 0 Å². The molecule has 0 spiro atoms. The lowest BCUT2D eigenvalue weighted by Crippen LogP contribution is -2.57. The molecular formula is C22H32N2O6S. The second kappa shape index (κ2) is 13.1. The highest BCUT2D eigenvalue weighted by Gasteiger charge is 2.39. The molecule has 0 radical (unpaired) electrons. The van der Waals surface area contributed by atoms with E-state index in [9.17, 15) is 24.3 Å². The Morgan fingerprint density at radius 1 is 1.13 bits per heavy atom. The Morgan fingerprint density at radius 3 is 2.26 bits per heavy atom. The lowest BCUT2D eigenvalue weighted by atomic mass is 9.99. The molecule has 0 aliphatic rings. The first kappa shape index (κ1) is 26.6. The van der Waals surface area contributed by atoms with Crippen molar-refractivity contribution >= 4 is 36.4 Å². The molecule has 0 fully saturated rings. The molecule has 0 bridgehead atoms. The van der Waals surface area contributed by atoms with Crippen LogP contribution in [0.4, 0.5) is 0 Å². The quantitative estimate of drug-likeness (QED) is 0.327. The summed E-state index contributed by atoms with van der Waals surface area (Å²) >= 11 is 4.29. The van der Waals surface area contributed by atoms with E-state index in [0.717, 1.165) is 4.90 Å². The number of carboxylic acid groups (broad SMARTS) is 1. The number of hydrogen-bond acceptors (Lipinski definition) is 7. The third kappa shape index (κ3) is 8.70. The molecule has 31 heavy (non-hydrogen) atoms. The van der Waals surface area contributed by atoms with Gasteiger partial charge in [0.2, 0.25) is 11.8 Å². The topological polar surface area (TPSA) is 127 Å². The summed E-state index contributed by atoms with van der Waals surface area (Å²) in [5.41, 5.74) is 6.69. The van der Waals surface area contributed by atoms with E-state index in [0.29, 0.717) is 18.4 Å². The first-order chi connectivity index (χ1) is 14.6. The highest BCUT2D eigenvalue weighted by molar-refractivity contribution is 7.81. The van der Waals surface area contributed by atoms with Crippen LogP contribution in [0.5, 0.6) is 0 Å². The van der Waals surface area contributed by atoms with Crippen LogP contribution in [0.15, 0.2) is 30.3 Å². The van der Waals surface area contributed by atoms with Gasteiger partial charge in [0.15, 0.2) is 0 Å². The molecule has 0 saturated heterocycles. The van der Waals surface area contributed by atoms with Gasteiger partial charge in [-0.3, -0.25) is 19.3 Å². The molecule has 0 aliphatic heterocycles. The first-order valence-corrected chi connectivity index (χ1v) is 10.7. The van der Waals surface area contributed by atoms with Gasteiger partial charge in [-0.15, -0.1) is 0 Å². The summed E-state index contributed by atoms with van der Waals surface area (Å²) in [6, 6.07) is 6.31. The van der Waals surface area contributed by atoms with Crippen molar-refractivity contribution in [1.29, 1.82) is 0 Å². The summed E-state index contributed by atoms with van der Waals surface area (Å²) in [5, 5.41) is 8.90. The number of methoxy groups -OCH3 is 1. The smallest absolute Gasteiger partial charge is 0.327 e. The summed E-state index contributed by atoms with van der Waals surface area (Å²) in [4.78, 5) is 50.4. The number of carbonyl (C=O) groups is 4. The summed E-state index contributed by atoms with van der Waals surface area (Å²) in [6.07, 6.45) is 0.833. The molecule has 2 amide bonds. The predicted octanol–water partition coefficient (Wildman–Crippen LogP) is 2.05. The van der Waals surface area contributed by atoms with Gasteiger partial charge in [-0.1, -0.05) is 44.2 Å².